The molecule has 4 aromatic rings. The van der Waals surface area contributed by atoms with Crippen LogP contribution < -0.4 is 5.43 Å². The van der Waals surface area contributed by atoms with E-state index in [0.717, 1.165) is 30.8 Å². The molecule has 0 bridgehead atoms. The van der Waals surface area contributed by atoms with E-state index in [2.05, 4.69) is 46.6 Å². The summed E-state index contributed by atoms with van der Waals surface area (Å²) in [6, 6.07) is 11.9. The molecule has 0 fully saturated rings. The normalized spacial score (nSPS) is 12.2. The molecule has 0 amide bonds. The highest BCUT2D eigenvalue weighted by molar-refractivity contribution is 9.11. The Morgan fingerprint density at radius 1 is 1.22 bits per heavy atom. The number of H-pyrrole nitrogens is 1. The maximum Gasteiger partial charge on any atom is 0.265 e. The van der Waals surface area contributed by atoms with Crippen molar-refractivity contribution in [2.24, 2.45) is 5.10 Å². The van der Waals surface area contributed by atoms with Crippen molar-refractivity contribution in [1.82, 2.24) is 20.2 Å². The molecule has 0 saturated heterocycles. The molecule has 0 aliphatic carbocycles. The van der Waals surface area contributed by atoms with E-state index >= 15 is 0 Å². The number of halogens is 1. The number of hydrogen-bond acceptors (Lipinski definition) is 6. The summed E-state index contributed by atoms with van der Waals surface area (Å²) in [6.07, 6.45) is 0. The summed E-state index contributed by atoms with van der Waals surface area (Å²) in [6.45, 7) is 1.93. The monoisotopic (exact) mass is 386 g/mol. The Hall–Kier alpha value is -2.32. The van der Waals surface area contributed by atoms with E-state index in [4.69, 9.17) is 0 Å². The van der Waals surface area contributed by atoms with Gasteiger partial charge in [-0.25, -0.2) is 5.43 Å². The molecule has 2 N–H and O–H groups in total. The third-order valence-corrected chi connectivity index (χ3v) is 5.11. The van der Waals surface area contributed by atoms with Crippen LogP contribution in [-0.4, -0.2) is 25.9 Å². The van der Waals surface area contributed by atoms with Crippen LogP contribution in [0, 0.1) is 0 Å². The minimum atomic E-state index is 0.360. The van der Waals surface area contributed by atoms with Crippen molar-refractivity contribution in [3.05, 3.63) is 45.1 Å². The average Bonchev–Trinajstić information content (AvgIpc) is 3.15. The van der Waals surface area contributed by atoms with Crippen molar-refractivity contribution in [2.45, 2.75) is 6.92 Å². The van der Waals surface area contributed by atoms with Crippen molar-refractivity contribution in [1.29, 1.82) is 0 Å². The summed E-state index contributed by atoms with van der Waals surface area (Å²) < 4.78 is 1.07. The topological polar surface area (TPSA) is 78.8 Å². The van der Waals surface area contributed by atoms with Crippen LogP contribution in [0.3, 0.4) is 0 Å². The second kappa shape index (κ2) is 5.71. The van der Waals surface area contributed by atoms with Crippen LogP contribution in [-0.2, 0) is 0 Å². The van der Waals surface area contributed by atoms with E-state index in [1.165, 1.54) is 0 Å². The lowest BCUT2D eigenvalue weighted by Gasteiger charge is -1.99. The molecular formula is C15H11BrN6S. The second-order valence-corrected chi connectivity index (χ2v) is 7.38. The lowest BCUT2D eigenvalue weighted by atomic mass is 10.2. The lowest BCUT2D eigenvalue weighted by molar-refractivity contribution is 1.01. The van der Waals surface area contributed by atoms with Crippen molar-refractivity contribution in [3.8, 4) is 0 Å². The summed E-state index contributed by atoms with van der Waals surface area (Å²) in [7, 11) is 0. The van der Waals surface area contributed by atoms with Gasteiger partial charge in [0.2, 0.25) is 0 Å². The number of hydrogen-bond donors (Lipinski definition) is 2. The van der Waals surface area contributed by atoms with Crippen LogP contribution >= 0.6 is 27.3 Å². The third-order valence-electron chi connectivity index (χ3n) is 3.38. The zero-order valence-corrected chi connectivity index (χ0v) is 14.4. The predicted octanol–water partition coefficient (Wildman–Crippen LogP) is 4.17. The van der Waals surface area contributed by atoms with E-state index < -0.39 is 0 Å². The van der Waals surface area contributed by atoms with Crippen LogP contribution in [0.2, 0.25) is 0 Å². The van der Waals surface area contributed by atoms with Crippen molar-refractivity contribution >= 4 is 61.0 Å². The first kappa shape index (κ1) is 14.3. The number of para-hydroxylation sites is 1. The number of rotatable bonds is 3. The fraction of sp³-hybridized carbons (Fsp3) is 0.0667. The fourth-order valence-corrected chi connectivity index (χ4v) is 3.60. The van der Waals surface area contributed by atoms with Gasteiger partial charge in [0.05, 0.1) is 14.4 Å². The number of thiophene rings is 1. The van der Waals surface area contributed by atoms with Gasteiger partial charge in [-0.1, -0.05) is 18.2 Å². The largest absolute Gasteiger partial charge is 0.338 e. The molecule has 1 aromatic carbocycles. The molecule has 0 spiro atoms. The summed E-state index contributed by atoms with van der Waals surface area (Å²) in [5.74, 6) is 0.360. The lowest BCUT2D eigenvalue weighted by Crippen LogP contribution is -2.02. The van der Waals surface area contributed by atoms with Gasteiger partial charge >= 0.3 is 0 Å². The second-order valence-electron chi connectivity index (χ2n) is 4.92. The van der Waals surface area contributed by atoms with Crippen LogP contribution in [0.1, 0.15) is 11.8 Å². The Balaban J connectivity index is 1.65. The van der Waals surface area contributed by atoms with E-state index in [9.17, 15) is 0 Å². The van der Waals surface area contributed by atoms with Crippen LogP contribution in [0.5, 0.6) is 0 Å². The molecule has 0 unspecified atom stereocenters. The van der Waals surface area contributed by atoms with Gasteiger partial charge in [0.15, 0.2) is 5.65 Å². The standard InChI is InChI=1S/C15H11BrN6S/c1-8(11-6-7-12(16)23-11)19-21-15-18-14-13(20-22-15)9-4-2-3-5-10(9)17-14/h2-7H,1H3,(H2,17,18,21,22). The molecule has 3 heterocycles. The maximum atomic E-state index is 4.43. The number of benzene rings is 1. The number of nitrogens with one attached hydrogen (secondary N) is 2. The molecule has 23 heavy (non-hydrogen) atoms. The van der Waals surface area contributed by atoms with Crippen LogP contribution in [0.25, 0.3) is 22.1 Å². The maximum absolute atomic E-state index is 4.43. The number of anilines is 1. The smallest absolute Gasteiger partial charge is 0.265 e. The van der Waals surface area contributed by atoms with E-state index in [1.807, 2.05) is 43.3 Å². The number of hydrazone groups is 1. The van der Waals surface area contributed by atoms with Crippen molar-refractivity contribution in [3.63, 3.8) is 0 Å². The molecule has 0 saturated carbocycles. The van der Waals surface area contributed by atoms with E-state index in [1.54, 1.807) is 11.3 Å². The summed E-state index contributed by atoms with van der Waals surface area (Å²) >= 11 is 5.06. The first-order valence-electron chi connectivity index (χ1n) is 6.88. The third kappa shape index (κ3) is 2.71. The number of aromatic amines is 1. The van der Waals surface area contributed by atoms with Crippen molar-refractivity contribution in [2.75, 3.05) is 5.43 Å². The number of fused-ring (bicyclic) bond motifs is 3. The van der Waals surface area contributed by atoms with Crippen LogP contribution in [0.15, 0.2) is 45.3 Å². The van der Waals surface area contributed by atoms with Gasteiger partial charge in [-0.15, -0.1) is 21.5 Å². The van der Waals surface area contributed by atoms with Gasteiger partial charge in [-0.05, 0) is 41.1 Å². The van der Waals surface area contributed by atoms with Crippen molar-refractivity contribution < 1.29 is 0 Å². The SMILES string of the molecule is CC(=NNc1nnc2c(n1)[nH]c1ccccc12)c1ccc(Br)s1. The molecule has 0 aliphatic rings. The molecule has 0 atom stereocenters. The van der Waals surface area contributed by atoms with Gasteiger partial charge in [-0.3, -0.25) is 0 Å². The van der Waals surface area contributed by atoms with Crippen LogP contribution in [0.4, 0.5) is 5.95 Å². The highest BCUT2D eigenvalue weighted by Crippen LogP contribution is 2.23. The van der Waals surface area contributed by atoms with Gasteiger partial charge < -0.3 is 4.98 Å². The summed E-state index contributed by atoms with van der Waals surface area (Å²) in [5, 5.41) is 13.7. The van der Waals surface area contributed by atoms with Gasteiger partial charge in [0.1, 0.15) is 5.52 Å². The Kier molecular flexibility index (Phi) is 3.55. The summed E-state index contributed by atoms with van der Waals surface area (Å²) in [4.78, 5) is 8.74. The predicted molar refractivity (Wildman–Crippen MR) is 97.0 cm³/mol. The molecule has 0 aliphatic heterocycles. The number of aromatic nitrogens is 4. The molecular weight excluding hydrogens is 376 g/mol. The molecule has 0 radical (unpaired) electrons. The summed E-state index contributed by atoms with van der Waals surface area (Å²) in [5.41, 5.74) is 6.16. The first-order valence-corrected chi connectivity index (χ1v) is 8.49. The first-order chi connectivity index (χ1) is 11.2. The highest BCUT2D eigenvalue weighted by Gasteiger charge is 2.08. The fourth-order valence-electron chi connectivity index (χ4n) is 2.27. The Morgan fingerprint density at radius 3 is 2.91 bits per heavy atom. The minimum Gasteiger partial charge on any atom is -0.338 e. The molecule has 6 nitrogen and oxygen atoms in total. The zero-order valence-electron chi connectivity index (χ0n) is 12.0. The van der Waals surface area contributed by atoms with Gasteiger partial charge in [0, 0.05) is 10.9 Å². The van der Waals surface area contributed by atoms with E-state index in [-0.39, 0.29) is 0 Å². The average molecular weight is 387 g/mol. The molecule has 114 valence electrons. The van der Waals surface area contributed by atoms with Gasteiger partial charge in [0.25, 0.3) is 5.95 Å². The molecule has 8 heteroatoms. The quantitative estimate of drug-likeness (QED) is 0.409. The Labute approximate surface area is 143 Å². The number of nitrogens with zero attached hydrogens (tertiary/aromatic N) is 4. The zero-order chi connectivity index (χ0) is 15.8. The Bertz CT molecular complexity index is 1030. The van der Waals surface area contributed by atoms with Gasteiger partial charge in [-0.2, -0.15) is 10.1 Å². The highest BCUT2D eigenvalue weighted by atomic mass is 79.9. The minimum absolute atomic E-state index is 0.360. The molecule has 4 rings (SSSR count). The Morgan fingerprint density at radius 2 is 2.09 bits per heavy atom. The van der Waals surface area contributed by atoms with E-state index in [0.29, 0.717) is 11.6 Å². The molecule has 3 aromatic heterocycles.